The second kappa shape index (κ2) is 5.61. The van der Waals surface area contributed by atoms with Crippen molar-refractivity contribution in [3.8, 4) is 0 Å². The van der Waals surface area contributed by atoms with Crippen LogP contribution in [-0.4, -0.2) is 16.9 Å². The third kappa shape index (κ3) is 2.81. The molecule has 0 fully saturated rings. The lowest BCUT2D eigenvalue weighted by atomic mass is 9.95. The molecule has 1 atom stereocenters. The van der Waals surface area contributed by atoms with Gasteiger partial charge in [-0.05, 0) is 29.7 Å². The van der Waals surface area contributed by atoms with E-state index in [-0.39, 0.29) is 11.9 Å². The smallest absolute Gasteiger partial charge is 0.243 e. The largest absolute Gasteiger partial charge is 0.309 e. The number of hydrogen-bond acceptors (Lipinski definition) is 3. The summed E-state index contributed by atoms with van der Waals surface area (Å²) in [5.74, 6) is 0.387. The fourth-order valence-corrected chi connectivity index (χ4v) is 2.49. The molecule has 0 radical (unpaired) electrons. The van der Waals surface area contributed by atoms with Gasteiger partial charge in [0.1, 0.15) is 5.82 Å². The van der Waals surface area contributed by atoms with E-state index < -0.39 is 0 Å². The molecule has 2 aromatic rings. The van der Waals surface area contributed by atoms with E-state index in [1.54, 1.807) is 18.3 Å². The van der Waals surface area contributed by atoms with E-state index in [4.69, 9.17) is 11.6 Å². The zero-order chi connectivity index (χ0) is 13.9. The summed E-state index contributed by atoms with van der Waals surface area (Å²) in [6.45, 7) is 0.706. The van der Waals surface area contributed by atoms with Gasteiger partial charge >= 0.3 is 0 Å². The number of hydrogen-bond donors (Lipinski definition) is 2. The van der Waals surface area contributed by atoms with Crippen LogP contribution in [0.4, 0.5) is 5.82 Å². The Morgan fingerprint density at radius 3 is 2.90 bits per heavy atom. The van der Waals surface area contributed by atoms with Crippen LogP contribution in [0.5, 0.6) is 0 Å². The van der Waals surface area contributed by atoms with Crippen LogP contribution in [0.2, 0.25) is 5.02 Å². The Bertz CT molecular complexity index is 645. The number of nitrogens with one attached hydrogen (secondary N) is 2. The highest BCUT2D eigenvalue weighted by Gasteiger charge is 2.24. The summed E-state index contributed by atoms with van der Waals surface area (Å²) in [4.78, 5) is 16.3. The first-order valence-corrected chi connectivity index (χ1v) is 6.83. The average molecular weight is 288 g/mol. The van der Waals surface area contributed by atoms with Gasteiger partial charge < -0.3 is 10.6 Å². The molecule has 1 aromatic heterocycles. The molecular weight excluding hydrogens is 274 g/mol. The van der Waals surface area contributed by atoms with Gasteiger partial charge in [0, 0.05) is 17.8 Å². The molecule has 2 heterocycles. The number of rotatable bonds is 2. The summed E-state index contributed by atoms with van der Waals surface area (Å²) in [5.41, 5.74) is 2.46. The minimum absolute atomic E-state index is 0.0886. The van der Waals surface area contributed by atoms with Gasteiger partial charge in [0.2, 0.25) is 5.91 Å². The number of carbonyl (C=O) groups excluding carboxylic acids is 1. The van der Waals surface area contributed by atoms with E-state index in [0.29, 0.717) is 23.8 Å². The number of amides is 1. The SMILES string of the molecule is O=C(Nc1cc(Cl)ccn1)[C@H]1Cc2ccccc2CN1. The molecule has 3 rings (SSSR count). The van der Waals surface area contributed by atoms with Crippen molar-refractivity contribution in [2.75, 3.05) is 5.32 Å². The van der Waals surface area contributed by atoms with Crippen molar-refractivity contribution >= 4 is 23.3 Å². The van der Waals surface area contributed by atoms with Crippen LogP contribution in [0.25, 0.3) is 0 Å². The van der Waals surface area contributed by atoms with E-state index in [1.807, 2.05) is 12.1 Å². The van der Waals surface area contributed by atoms with E-state index in [1.165, 1.54) is 11.1 Å². The summed E-state index contributed by atoms with van der Waals surface area (Å²) in [6, 6.07) is 11.2. The van der Waals surface area contributed by atoms with Gasteiger partial charge in [-0.15, -0.1) is 0 Å². The highest BCUT2D eigenvalue weighted by atomic mass is 35.5. The van der Waals surface area contributed by atoms with Crippen LogP contribution in [0.3, 0.4) is 0 Å². The van der Waals surface area contributed by atoms with Crippen molar-refractivity contribution in [2.45, 2.75) is 19.0 Å². The summed E-state index contributed by atoms with van der Waals surface area (Å²) in [5, 5.41) is 6.58. The monoisotopic (exact) mass is 287 g/mol. The first kappa shape index (κ1) is 13.1. The zero-order valence-corrected chi connectivity index (χ0v) is 11.5. The maximum Gasteiger partial charge on any atom is 0.243 e. The maximum absolute atomic E-state index is 12.2. The number of aromatic nitrogens is 1. The Labute approximate surface area is 122 Å². The minimum atomic E-state index is -0.245. The first-order valence-electron chi connectivity index (χ1n) is 6.45. The number of halogens is 1. The molecule has 1 aromatic carbocycles. The summed E-state index contributed by atoms with van der Waals surface area (Å²) >= 11 is 5.87. The molecule has 4 nitrogen and oxygen atoms in total. The normalized spacial score (nSPS) is 17.4. The molecule has 2 N–H and O–H groups in total. The summed E-state index contributed by atoms with van der Waals surface area (Å²) in [6.07, 6.45) is 2.25. The number of anilines is 1. The second-order valence-corrected chi connectivity index (χ2v) is 5.19. The minimum Gasteiger partial charge on any atom is -0.309 e. The van der Waals surface area contributed by atoms with E-state index in [9.17, 15) is 4.79 Å². The summed E-state index contributed by atoms with van der Waals surface area (Å²) < 4.78 is 0. The first-order chi connectivity index (χ1) is 9.72. The van der Waals surface area contributed by atoms with Gasteiger partial charge in [-0.2, -0.15) is 0 Å². The average Bonchev–Trinajstić information content (AvgIpc) is 2.47. The Morgan fingerprint density at radius 1 is 1.30 bits per heavy atom. The lowest BCUT2D eigenvalue weighted by molar-refractivity contribution is -0.118. The number of benzene rings is 1. The highest BCUT2D eigenvalue weighted by Crippen LogP contribution is 2.17. The van der Waals surface area contributed by atoms with Crippen LogP contribution in [0.1, 0.15) is 11.1 Å². The standard InChI is InChI=1S/C15H14ClN3O/c16-12-5-6-17-14(8-12)19-15(20)13-7-10-3-1-2-4-11(10)9-18-13/h1-6,8,13,18H,7,9H2,(H,17,19,20)/t13-/m1/s1. The zero-order valence-electron chi connectivity index (χ0n) is 10.8. The highest BCUT2D eigenvalue weighted by molar-refractivity contribution is 6.30. The van der Waals surface area contributed by atoms with Crippen molar-refractivity contribution in [1.29, 1.82) is 0 Å². The molecule has 1 amide bonds. The molecular formula is C15H14ClN3O. The predicted molar refractivity (Wildman–Crippen MR) is 78.7 cm³/mol. The second-order valence-electron chi connectivity index (χ2n) is 4.75. The number of nitrogens with zero attached hydrogens (tertiary/aromatic N) is 1. The maximum atomic E-state index is 12.2. The van der Waals surface area contributed by atoms with Crippen LogP contribution >= 0.6 is 11.6 Å². The Morgan fingerprint density at radius 2 is 2.10 bits per heavy atom. The molecule has 102 valence electrons. The number of pyridine rings is 1. The van der Waals surface area contributed by atoms with Crippen LogP contribution < -0.4 is 10.6 Å². The van der Waals surface area contributed by atoms with Gasteiger partial charge in [0.25, 0.3) is 0 Å². The van der Waals surface area contributed by atoms with Crippen molar-refractivity contribution in [2.24, 2.45) is 0 Å². The van der Waals surface area contributed by atoms with Crippen molar-refractivity contribution in [1.82, 2.24) is 10.3 Å². The fraction of sp³-hybridized carbons (Fsp3) is 0.200. The van der Waals surface area contributed by atoms with Crippen LogP contribution in [0.15, 0.2) is 42.6 Å². The quantitative estimate of drug-likeness (QED) is 0.892. The van der Waals surface area contributed by atoms with E-state index in [2.05, 4.69) is 27.8 Å². The Hall–Kier alpha value is -1.91. The lowest BCUT2D eigenvalue weighted by Crippen LogP contribution is -2.44. The third-order valence-corrected chi connectivity index (χ3v) is 3.61. The molecule has 20 heavy (non-hydrogen) atoms. The van der Waals surface area contributed by atoms with Gasteiger partial charge in [0.05, 0.1) is 6.04 Å². The van der Waals surface area contributed by atoms with Crippen molar-refractivity contribution in [3.05, 3.63) is 58.7 Å². The van der Waals surface area contributed by atoms with Gasteiger partial charge in [-0.1, -0.05) is 35.9 Å². The van der Waals surface area contributed by atoms with Gasteiger partial charge in [-0.3, -0.25) is 4.79 Å². The van der Waals surface area contributed by atoms with Crippen molar-refractivity contribution in [3.63, 3.8) is 0 Å². The molecule has 0 saturated heterocycles. The van der Waals surface area contributed by atoms with Gasteiger partial charge in [-0.25, -0.2) is 4.98 Å². The van der Waals surface area contributed by atoms with E-state index >= 15 is 0 Å². The Kier molecular flexibility index (Phi) is 3.67. The molecule has 5 heteroatoms. The molecule has 1 aliphatic heterocycles. The molecule has 0 unspecified atom stereocenters. The molecule has 0 spiro atoms. The third-order valence-electron chi connectivity index (χ3n) is 3.37. The predicted octanol–water partition coefficient (Wildman–Crippen LogP) is 2.39. The van der Waals surface area contributed by atoms with Gasteiger partial charge in [0.15, 0.2) is 0 Å². The molecule has 0 aliphatic carbocycles. The number of fused-ring (bicyclic) bond motifs is 1. The topological polar surface area (TPSA) is 54.0 Å². The Balaban J connectivity index is 1.70. The fourth-order valence-electron chi connectivity index (χ4n) is 2.33. The molecule has 1 aliphatic rings. The molecule has 0 bridgehead atoms. The number of carbonyl (C=O) groups is 1. The van der Waals surface area contributed by atoms with E-state index in [0.717, 1.165) is 0 Å². The summed E-state index contributed by atoms with van der Waals surface area (Å²) in [7, 11) is 0. The van der Waals surface area contributed by atoms with Crippen molar-refractivity contribution < 1.29 is 4.79 Å². The molecule has 0 saturated carbocycles. The van der Waals surface area contributed by atoms with Crippen LogP contribution in [0, 0.1) is 0 Å². The lowest BCUT2D eigenvalue weighted by Gasteiger charge is -2.25. The van der Waals surface area contributed by atoms with Crippen LogP contribution in [-0.2, 0) is 17.8 Å².